The number of aryl methyl sites for hydroxylation is 3. The number of nitrogens with zero attached hydrogens (tertiary/aromatic N) is 3. The van der Waals surface area contributed by atoms with E-state index in [4.69, 9.17) is 4.42 Å². The van der Waals surface area contributed by atoms with Crippen LogP contribution in [0.1, 0.15) is 30.5 Å². The molecule has 7 rings (SSSR count). The third kappa shape index (κ3) is 5.58. The standard InChI is InChI=1S/C22H17N2O.C14H14N.Ir/c1-15(2)23-14-24(20-9-5-4-8-19(20)23)16-11-12-18-17-7-3-6-10-21(17)25-22(18)13-16;1-10-4-6-13(7-5-10)14-8-11(2)12(3)9-15-14;/h3-12,15H,1-2H3;4-6,8-9H,1-3H3;/q+1;-1;. The molecule has 0 amide bonds. The fourth-order valence-electron chi connectivity index (χ4n) is 4.86. The van der Waals surface area contributed by atoms with Gasteiger partial charge in [-0.25, -0.2) is 0 Å². The summed E-state index contributed by atoms with van der Waals surface area (Å²) < 4.78 is 10.2. The summed E-state index contributed by atoms with van der Waals surface area (Å²) in [4.78, 5) is 4.41. The Morgan fingerprint density at radius 1 is 0.829 bits per heavy atom. The van der Waals surface area contributed by atoms with Crippen molar-refractivity contribution in [3.63, 3.8) is 0 Å². The summed E-state index contributed by atoms with van der Waals surface area (Å²) >= 11 is 0. The number of hydrogen-bond donors (Lipinski definition) is 0. The molecule has 4 aromatic carbocycles. The minimum Gasteiger partial charge on any atom is -0.483 e. The Balaban J connectivity index is 0.000000182. The Morgan fingerprint density at radius 2 is 1.59 bits per heavy atom. The zero-order valence-corrected chi connectivity index (χ0v) is 26.2. The van der Waals surface area contributed by atoms with Gasteiger partial charge >= 0.3 is 6.01 Å². The summed E-state index contributed by atoms with van der Waals surface area (Å²) in [6, 6.07) is 39.4. The van der Waals surface area contributed by atoms with Crippen LogP contribution in [0.25, 0.3) is 33.2 Å². The van der Waals surface area contributed by atoms with Gasteiger partial charge in [0.2, 0.25) is 0 Å². The van der Waals surface area contributed by atoms with Crippen molar-refractivity contribution in [1.29, 1.82) is 0 Å². The number of rotatable bonds is 3. The predicted molar refractivity (Wildman–Crippen MR) is 163 cm³/mol. The summed E-state index contributed by atoms with van der Waals surface area (Å²) in [6.07, 6.45) is 1.92. The molecule has 5 heteroatoms. The monoisotopic (exact) mass is 714 g/mol. The van der Waals surface area contributed by atoms with E-state index in [2.05, 4.69) is 128 Å². The average molecular weight is 714 g/mol. The zero-order valence-electron chi connectivity index (χ0n) is 23.8. The third-order valence-corrected chi connectivity index (χ3v) is 7.25. The third-order valence-electron chi connectivity index (χ3n) is 7.25. The van der Waals surface area contributed by atoms with Gasteiger partial charge in [-0.15, -0.1) is 35.4 Å². The van der Waals surface area contributed by atoms with Crippen LogP contribution in [-0.2, 0) is 20.1 Å². The number of aromatic nitrogens is 1. The number of furan rings is 1. The first-order chi connectivity index (χ1) is 19.4. The maximum atomic E-state index is 5.99. The van der Waals surface area contributed by atoms with E-state index in [0.29, 0.717) is 6.04 Å². The topological polar surface area (TPSA) is 32.0 Å². The average Bonchev–Trinajstić information content (AvgIpc) is 3.54. The molecule has 0 saturated carbocycles. The smallest absolute Gasteiger partial charge is 0.483 e. The molecule has 6 aromatic rings. The number of fused-ring (bicyclic) bond motifs is 4. The predicted octanol–water partition coefficient (Wildman–Crippen LogP) is 8.93. The number of hydrogen-bond acceptors (Lipinski definition) is 2. The first-order valence-corrected chi connectivity index (χ1v) is 13.6. The van der Waals surface area contributed by atoms with Crippen LogP contribution in [0.4, 0.5) is 17.1 Å². The molecule has 4 nitrogen and oxygen atoms in total. The Hall–Kier alpha value is -4.14. The van der Waals surface area contributed by atoms with Crippen LogP contribution < -0.4 is 4.58 Å². The second-order valence-corrected chi connectivity index (χ2v) is 10.5. The molecule has 1 aliphatic rings. The molecule has 0 saturated heterocycles. The van der Waals surface area contributed by atoms with Crippen LogP contribution in [-0.4, -0.2) is 21.6 Å². The molecule has 0 N–H and O–H groups in total. The molecule has 1 radical (unpaired) electrons. The molecule has 0 fully saturated rings. The van der Waals surface area contributed by atoms with E-state index >= 15 is 0 Å². The fourth-order valence-corrected chi connectivity index (χ4v) is 4.86. The van der Waals surface area contributed by atoms with Crippen LogP contribution >= 0.6 is 0 Å². The number of benzene rings is 4. The van der Waals surface area contributed by atoms with Crippen molar-refractivity contribution >= 4 is 45.0 Å². The molecule has 0 bridgehead atoms. The molecular weight excluding hydrogens is 683 g/mol. The molecule has 0 spiro atoms. The molecule has 3 heterocycles. The van der Waals surface area contributed by atoms with Gasteiger partial charge in [0, 0.05) is 44.0 Å². The Bertz CT molecular complexity index is 1940. The maximum Gasteiger partial charge on any atom is 0.494 e. The molecular formula is C36H31IrN3O. The van der Waals surface area contributed by atoms with E-state index in [-0.39, 0.29) is 20.1 Å². The van der Waals surface area contributed by atoms with Crippen LogP contribution in [0, 0.1) is 32.9 Å². The normalized spacial score (nSPS) is 12.0. The maximum absolute atomic E-state index is 5.99. The quantitative estimate of drug-likeness (QED) is 0.136. The number of pyridine rings is 1. The van der Waals surface area contributed by atoms with Crippen molar-refractivity contribution in [2.24, 2.45) is 0 Å². The van der Waals surface area contributed by atoms with Crippen molar-refractivity contribution in [2.45, 2.75) is 40.7 Å². The van der Waals surface area contributed by atoms with Crippen molar-refractivity contribution < 1.29 is 29.1 Å². The zero-order chi connectivity index (χ0) is 27.8. The van der Waals surface area contributed by atoms with E-state index in [1.165, 1.54) is 16.7 Å². The molecule has 41 heavy (non-hydrogen) atoms. The second kappa shape index (κ2) is 11.8. The van der Waals surface area contributed by atoms with Crippen molar-refractivity contribution in [1.82, 2.24) is 9.56 Å². The van der Waals surface area contributed by atoms with E-state index in [1.54, 1.807) is 0 Å². The van der Waals surface area contributed by atoms with Gasteiger partial charge in [-0.2, -0.15) is 6.07 Å². The van der Waals surface area contributed by atoms with Crippen LogP contribution in [0.2, 0.25) is 0 Å². The van der Waals surface area contributed by atoms with Gasteiger partial charge in [-0.1, -0.05) is 75.6 Å². The summed E-state index contributed by atoms with van der Waals surface area (Å²) in [5, 5.41) is 2.21. The SMILES string of the molecule is CC(C)[N+]1=C=[N+](c2[c-]c3oc4ccccc4c3cc2)c2ccccc21.Cc1c[c-]c(-c2cc(C)c(C)cn2)cc1.[Ir]. The van der Waals surface area contributed by atoms with Gasteiger partial charge in [0.25, 0.3) is 11.4 Å². The van der Waals surface area contributed by atoms with E-state index in [1.807, 2.05) is 30.5 Å². The summed E-state index contributed by atoms with van der Waals surface area (Å²) in [6.45, 7) is 10.6. The molecule has 0 atom stereocenters. The second-order valence-electron chi connectivity index (χ2n) is 10.5. The first kappa shape index (κ1) is 28.4. The fraction of sp³-hybridized carbons (Fsp3) is 0.167. The first-order valence-electron chi connectivity index (χ1n) is 13.6. The largest absolute Gasteiger partial charge is 0.494 e. The molecule has 205 valence electrons. The van der Waals surface area contributed by atoms with Gasteiger partial charge in [0.1, 0.15) is 11.3 Å². The van der Waals surface area contributed by atoms with Crippen molar-refractivity contribution in [3.8, 4) is 11.3 Å². The van der Waals surface area contributed by atoms with E-state index in [9.17, 15) is 0 Å². The molecule has 1 aliphatic heterocycles. The summed E-state index contributed by atoms with van der Waals surface area (Å²) in [5.74, 6) is 0. The van der Waals surface area contributed by atoms with Gasteiger partial charge in [-0.3, -0.25) is 0 Å². The van der Waals surface area contributed by atoms with Gasteiger partial charge in [-0.05, 0) is 50.4 Å². The molecule has 0 aliphatic carbocycles. The van der Waals surface area contributed by atoms with E-state index < -0.39 is 0 Å². The van der Waals surface area contributed by atoms with Crippen LogP contribution in [0.3, 0.4) is 0 Å². The Kier molecular flexibility index (Phi) is 8.15. The van der Waals surface area contributed by atoms with Gasteiger partial charge in [0.05, 0.1) is 0 Å². The minimum atomic E-state index is 0. The van der Waals surface area contributed by atoms with Crippen LogP contribution in [0.5, 0.6) is 0 Å². The number of para-hydroxylation sites is 3. The van der Waals surface area contributed by atoms with Crippen molar-refractivity contribution in [3.05, 3.63) is 120 Å². The van der Waals surface area contributed by atoms with Crippen molar-refractivity contribution in [2.75, 3.05) is 0 Å². The Labute approximate surface area is 254 Å². The Morgan fingerprint density at radius 3 is 2.32 bits per heavy atom. The van der Waals surface area contributed by atoms with Gasteiger partial charge < -0.3 is 9.40 Å². The molecule has 0 unspecified atom stereocenters. The van der Waals surface area contributed by atoms with Crippen LogP contribution in [0.15, 0.2) is 95.5 Å². The molecule has 2 aromatic heterocycles. The van der Waals surface area contributed by atoms with E-state index in [0.717, 1.165) is 50.3 Å². The van der Waals surface area contributed by atoms with Gasteiger partial charge in [0.15, 0.2) is 6.04 Å². The summed E-state index contributed by atoms with van der Waals surface area (Å²) in [5.41, 5.74) is 10.7. The summed E-state index contributed by atoms with van der Waals surface area (Å²) in [7, 11) is 0. The minimum absolute atomic E-state index is 0.